The maximum absolute atomic E-state index is 14.2. The van der Waals surface area contributed by atoms with Crippen LogP contribution in [0.2, 0.25) is 0 Å². The lowest BCUT2D eigenvalue weighted by molar-refractivity contribution is -0.154. The molecule has 9 rings (SSSR count). The van der Waals surface area contributed by atoms with Gasteiger partial charge in [-0.25, -0.2) is 34.9 Å². The van der Waals surface area contributed by atoms with Gasteiger partial charge in [0, 0.05) is 85.7 Å². The number of ether oxygens (including phenoxy) is 5. The van der Waals surface area contributed by atoms with Gasteiger partial charge in [-0.15, -0.1) is 0 Å². The van der Waals surface area contributed by atoms with Gasteiger partial charge in [0.15, 0.2) is 0 Å². The van der Waals surface area contributed by atoms with E-state index in [0.717, 1.165) is 30.4 Å². The van der Waals surface area contributed by atoms with Gasteiger partial charge in [-0.1, -0.05) is 36.2 Å². The Hall–Kier alpha value is -7.65. The molecule has 0 spiro atoms. The predicted molar refractivity (Wildman–Crippen MR) is 325 cm³/mol. The maximum atomic E-state index is 14.2. The number of aryl methyl sites for hydroxylation is 6. The van der Waals surface area contributed by atoms with Crippen molar-refractivity contribution in [2.24, 2.45) is 0 Å². The predicted octanol–water partition coefficient (Wildman–Crippen LogP) is 0.894. The standard InChI is InChI=1S/C37H47N6O13P.C20H27N4O12P/c1-7-26-28(16-32(53-26)43-19-24(5)35(47)41-37(43)49)56-57(50,51-11-10-38-6)52-20-29-27(15-31(54-29)42-18-23(4)34(46)40-36(42)48)55-33(45)9-8-30(44)39-17-25-13-21(2)12-22(3)14-25;1-9-5-23(19(29)21-17(9)27)15-3-11(26)14(35-15)8-33-37(31,32)36-12-4-16(34-13(12)7-25)24-6-10(2)18(28)22-20(24)30/h12-14,18-19,26-29,31-32H,7-11,15-17,20H2,1-5H3,(H,39,44)(H,40,46,48)(H,41,47,49);5-6,11-16,25-26H,3-4,7-8H2,1-2H3,(H,31,32)(H,21,27,29)(H,22,28,30). The Bertz CT molecular complexity index is 4200. The summed E-state index contributed by atoms with van der Waals surface area (Å²) in [6, 6.07) is 5.92. The van der Waals surface area contributed by atoms with Crippen molar-refractivity contribution in [2.45, 2.75) is 174 Å². The van der Waals surface area contributed by atoms with Crippen LogP contribution in [-0.4, -0.2) is 147 Å². The Kier molecular flexibility index (Phi) is 24.0. The molecule has 4 fully saturated rings. The fourth-order valence-corrected chi connectivity index (χ4v) is 13.1. The lowest BCUT2D eigenvalue weighted by Gasteiger charge is -2.25. The third kappa shape index (κ3) is 18.4. The van der Waals surface area contributed by atoms with Crippen molar-refractivity contribution in [2.75, 3.05) is 33.0 Å². The van der Waals surface area contributed by atoms with Crippen LogP contribution in [0.1, 0.15) is 116 Å². The molecule has 4 aliphatic heterocycles. The normalized spacial score (nSPS) is 25.4. The minimum Gasteiger partial charge on any atom is -0.459 e. The quantitative estimate of drug-likeness (QED) is 0.0174. The van der Waals surface area contributed by atoms with E-state index in [1.165, 1.54) is 57.0 Å². The van der Waals surface area contributed by atoms with Crippen LogP contribution >= 0.6 is 15.6 Å². The number of aliphatic hydroxyl groups excluding tert-OH is 2. The number of nitrogens with zero attached hydrogens (tertiary/aromatic N) is 5. The molecule has 0 saturated carbocycles. The number of phosphoric acid groups is 2. The first kappa shape index (κ1) is 72.2. The van der Waals surface area contributed by atoms with E-state index in [-0.39, 0.29) is 86.4 Å². The van der Waals surface area contributed by atoms with E-state index in [9.17, 15) is 72.2 Å². The molecule has 8 heterocycles. The van der Waals surface area contributed by atoms with Crippen molar-refractivity contribution in [3.63, 3.8) is 0 Å². The number of hydrogen-bond acceptors (Lipinski definition) is 24. The van der Waals surface area contributed by atoms with E-state index in [2.05, 4.69) is 30.1 Å². The number of aromatic amines is 4. The Morgan fingerprint density at radius 2 is 1.04 bits per heavy atom. The van der Waals surface area contributed by atoms with Crippen molar-refractivity contribution < 1.29 is 80.1 Å². The van der Waals surface area contributed by atoms with Crippen molar-refractivity contribution >= 4 is 27.5 Å². The lowest BCUT2D eigenvalue weighted by atomic mass is 10.1. The molecular formula is C57H74N10O25P2. The number of H-pyrrole nitrogens is 4. The highest BCUT2D eigenvalue weighted by molar-refractivity contribution is 7.48. The van der Waals surface area contributed by atoms with Gasteiger partial charge in [-0.3, -0.25) is 89.6 Å². The molecular weight excluding hydrogens is 1290 g/mol. The zero-order chi connectivity index (χ0) is 68.5. The molecule has 4 aliphatic rings. The number of esters is 1. The molecule has 4 saturated heterocycles. The first-order valence-corrected chi connectivity index (χ1v) is 32.7. The summed E-state index contributed by atoms with van der Waals surface area (Å²) in [4.78, 5) is 145. The third-order valence-electron chi connectivity index (χ3n) is 15.5. The summed E-state index contributed by atoms with van der Waals surface area (Å²) in [5.74, 6) is -1.12. The van der Waals surface area contributed by atoms with Gasteiger partial charge in [-0.2, -0.15) is 0 Å². The number of carbonyl (C=O) groups excluding carboxylic acids is 2. The Morgan fingerprint density at radius 3 is 1.52 bits per heavy atom. The molecule has 14 atom stereocenters. The number of nitrogens with one attached hydrogen (secondary N) is 5. The zero-order valence-electron chi connectivity index (χ0n) is 52.1. The van der Waals surface area contributed by atoms with Gasteiger partial charge in [0.05, 0.1) is 44.6 Å². The van der Waals surface area contributed by atoms with E-state index in [1.807, 2.05) is 32.0 Å². The number of benzene rings is 1. The highest BCUT2D eigenvalue weighted by Crippen LogP contribution is 2.54. The molecule has 512 valence electrons. The molecule has 94 heavy (non-hydrogen) atoms. The van der Waals surface area contributed by atoms with Crippen molar-refractivity contribution in [1.82, 2.24) is 43.5 Å². The smallest absolute Gasteiger partial charge is 0.459 e. The number of hydrogen-bond donors (Lipinski definition) is 8. The number of carbonyl (C=O) groups is 2. The number of amides is 1. The second kappa shape index (κ2) is 31.3. The van der Waals surface area contributed by atoms with Crippen LogP contribution < -0.4 is 50.3 Å². The Balaban J connectivity index is 0.000000264. The average molecular weight is 1360 g/mol. The second-order valence-corrected chi connectivity index (χ2v) is 25.9. The SMILES string of the molecule is Cc1cn(C2CC(O)C(COP(=O)(O)OC3CC(n4cc(C)c(=O)[nH]c4=O)OC3CO)O2)c(=O)[nH]c1=O.[C-]#[N+]CCOP(=O)(OCC1OC(n2cc(C)c(=O)[nH]c2=O)CC1OC(=O)CCC(=O)NCc1cc(C)cc(C)c1)OC1CC(n2cc(C)c(=O)[nH]c2=O)OC1CC. The number of aromatic nitrogens is 8. The topological polar surface area (TPSA) is 457 Å². The Morgan fingerprint density at radius 1 is 0.606 bits per heavy atom. The van der Waals surface area contributed by atoms with Gasteiger partial charge >= 0.3 is 44.4 Å². The summed E-state index contributed by atoms with van der Waals surface area (Å²) in [5, 5.41) is 22.7. The summed E-state index contributed by atoms with van der Waals surface area (Å²) in [7, 11) is -9.33. The summed E-state index contributed by atoms with van der Waals surface area (Å²) in [5.41, 5.74) is -1.27. The maximum Gasteiger partial charge on any atom is 0.475 e. The van der Waals surface area contributed by atoms with E-state index >= 15 is 0 Å². The summed E-state index contributed by atoms with van der Waals surface area (Å²) in [6.45, 7) is 16.9. The van der Waals surface area contributed by atoms with Gasteiger partial charge in [0.25, 0.3) is 22.2 Å². The molecule has 35 nitrogen and oxygen atoms in total. The number of phosphoric ester groups is 2. The molecule has 4 aromatic heterocycles. The van der Waals surface area contributed by atoms with E-state index in [4.69, 9.17) is 52.9 Å². The molecule has 1 aromatic carbocycles. The summed E-state index contributed by atoms with van der Waals surface area (Å²) >= 11 is 0. The van der Waals surface area contributed by atoms with Crippen LogP contribution in [0.5, 0.6) is 0 Å². The highest BCUT2D eigenvalue weighted by Gasteiger charge is 2.47. The van der Waals surface area contributed by atoms with Crippen LogP contribution in [0.4, 0.5) is 0 Å². The first-order chi connectivity index (χ1) is 44.4. The minimum atomic E-state index is -4.78. The van der Waals surface area contributed by atoms with Crippen LogP contribution in [0.15, 0.2) is 81.3 Å². The molecule has 0 bridgehead atoms. The van der Waals surface area contributed by atoms with Crippen LogP contribution in [0, 0.1) is 48.1 Å². The van der Waals surface area contributed by atoms with Gasteiger partial charge in [0.1, 0.15) is 62.0 Å². The molecule has 0 radical (unpaired) electrons. The van der Waals surface area contributed by atoms with E-state index in [0.29, 0.717) is 6.42 Å². The second-order valence-electron chi connectivity index (χ2n) is 22.8. The molecule has 14 unspecified atom stereocenters. The Labute approximate surface area is 532 Å². The third-order valence-corrected chi connectivity index (χ3v) is 18.1. The minimum absolute atomic E-state index is 0.0123. The monoisotopic (exact) mass is 1360 g/mol. The van der Waals surface area contributed by atoms with E-state index < -0.39 is 160 Å². The van der Waals surface area contributed by atoms with Gasteiger partial charge in [-0.05, 0) is 53.5 Å². The van der Waals surface area contributed by atoms with Crippen molar-refractivity contribution in [3.05, 3.63) is 177 Å². The molecule has 1 amide bonds. The van der Waals surface area contributed by atoms with Crippen LogP contribution in [0.25, 0.3) is 4.85 Å². The van der Waals surface area contributed by atoms with Crippen molar-refractivity contribution in [3.8, 4) is 0 Å². The van der Waals surface area contributed by atoms with Crippen LogP contribution in [0.3, 0.4) is 0 Å². The molecule has 0 aliphatic carbocycles. The average Bonchev–Trinajstić information content (AvgIpc) is 1.67. The number of aliphatic hydroxyl groups is 2. The molecule has 37 heteroatoms. The highest BCUT2D eigenvalue weighted by atomic mass is 31.2. The summed E-state index contributed by atoms with van der Waals surface area (Å²) < 4.78 is 87.8. The molecule has 8 N–H and O–H groups in total. The fraction of sp³-hybridized carbons (Fsp3) is 0.561. The fourth-order valence-electron chi connectivity index (χ4n) is 10.8. The summed E-state index contributed by atoms with van der Waals surface area (Å²) in [6.07, 6.45) is -7.42. The van der Waals surface area contributed by atoms with Gasteiger partial charge in [0.2, 0.25) is 12.5 Å². The molecule has 5 aromatic rings. The van der Waals surface area contributed by atoms with E-state index in [1.54, 1.807) is 6.92 Å². The van der Waals surface area contributed by atoms with Crippen LogP contribution in [-0.2, 0) is 71.6 Å². The zero-order valence-corrected chi connectivity index (χ0v) is 53.9. The van der Waals surface area contributed by atoms with Gasteiger partial charge < -0.3 is 49.0 Å². The number of rotatable bonds is 25. The lowest BCUT2D eigenvalue weighted by Crippen LogP contribution is -2.33. The van der Waals surface area contributed by atoms with Crippen molar-refractivity contribution in [1.29, 1.82) is 0 Å². The largest absolute Gasteiger partial charge is 0.475 e. The first-order valence-electron chi connectivity index (χ1n) is 29.7.